The van der Waals surface area contributed by atoms with Crippen LogP contribution in [0.3, 0.4) is 0 Å². The Labute approximate surface area is 145 Å². The van der Waals surface area contributed by atoms with Crippen molar-refractivity contribution in [3.63, 3.8) is 0 Å². The number of aromatic nitrogens is 2. The lowest BCUT2D eigenvalue weighted by molar-refractivity contribution is -0.121. The molecule has 2 aromatic carbocycles. The van der Waals surface area contributed by atoms with Gasteiger partial charge in [-0.25, -0.2) is 4.98 Å². The van der Waals surface area contributed by atoms with Gasteiger partial charge >= 0.3 is 0 Å². The van der Waals surface area contributed by atoms with Gasteiger partial charge in [0.25, 0.3) is 0 Å². The maximum atomic E-state index is 12.2. The first kappa shape index (κ1) is 15.4. The lowest BCUT2D eigenvalue weighted by atomic mass is 10.2. The molecule has 0 saturated heterocycles. The lowest BCUT2D eigenvalue weighted by Crippen LogP contribution is -2.26. The number of imidazole rings is 1. The number of H-pyrrole nitrogens is 1. The van der Waals surface area contributed by atoms with Crippen LogP contribution in [0, 0.1) is 0 Å². The highest BCUT2D eigenvalue weighted by Crippen LogP contribution is 2.23. The van der Waals surface area contributed by atoms with E-state index in [1.807, 2.05) is 61.5 Å². The van der Waals surface area contributed by atoms with Crippen LogP contribution in [0.25, 0.3) is 22.0 Å². The number of carbonyl (C=O) groups excluding carboxylic acids is 1. The van der Waals surface area contributed by atoms with Gasteiger partial charge in [-0.1, -0.05) is 30.3 Å². The van der Waals surface area contributed by atoms with Crippen molar-refractivity contribution in [2.45, 2.75) is 25.8 Å². The van der Waals surface area contributed by atoms with Crippen molar-refractivity contribution >= 4 is 27.9 Å². The zero-order valence-corrected chi connectivity index (χ0v) is 14.0. The summed E-state index contributed by atoms with van der Waals surface area (Å²) in [5.41, 5.74) is 2.75. The number of benzene rings is 2. The molecule has 1 amide bonds. The molecule has 2 heterocycles. The molecule has 5 nitrogen and oxygen atoms in total. The smallest absolute Gasteiger partial charge is 0.221 e. The molecule has 0 aliphatic carbocycles. The summed E-state index contributed by atoms with van der Waals surface area (Å²) in [5.74, 6) is 1.57. The summed E-state index contributed by atoms with van der Waals surface area (Å²) in [6, 6.07) is 17.5. The van der Waals surface area contributed by atoms with E-state index in [0.717, 1.165) is 33.6 Å². The highest BCUT2D eigenvalue weighted by atomic mass is 16.3. The first-order valence-corrected chi connectivity index (χ1v) is 8.40. The second-order valence-electron chi connectivity index (χ2n) is 6.18. The first-order valence-electron chi connectivity index (χ1n) is 8.40. The van der Waals surface area contributed by atoms with Crippen LogP contribution in [-0.2, 0) is 11.2 Å². The largest absolute Gasteiger partial charge is 0.459 e. The third-order valence-corrected chi connectivity index (χ3v) is 4.28. The van der Waals surface area contributed by atoms with Crippen LogP contribution < -0.4 is 5.32 Å². The summed E-state index contributed by atoms with van der Waals surface area (Å²) in [4.78, 5) is 20.0. The van der Waals surface area contributed by atoms with E-state index < -0.39 is 0 Å². The van der Waals surface area contributed by atoms with E-state index >= 15 is 0 Å². The summed E-state index contributed by atoms with van der Waals surface area (Å²) in [5, 5.41) is 4.03. The summed E-state index contributed by atoms with van der Waals surface area (Å²) in [7, 11) is 0. The molecule has 5 heteroatoms. The van der Waals surface area contributed by atoms with Crippen molar-refractivity contribution in [3.05, 3.63) is 66.2 Å². The van der Waals surface area contributed by atoms with Gasteiger partial charge in [0.1, 0.15) is 17.2 Å². The lowest BCUT2D eigenvalue weighted by Gasteiger charge is -2.10. The molecule has 0 saturated carbocycles. The van der Waals surface area contributed by atoms with Gasteiger partial charge in [-0.3, -0.25) is 4.79 Å². The molecule has 4 aromatic rings. The number of hydrogen-bond acceptors (Lipinski definition) is 3. The number of para-hydroxylation sites is 3. The van der Waals surface area contributed by atoms with Gasteiger partial charge in [-0.2, -0.15) is 0 Å². The van der Waals surface area contributed by atoms with Crippen LogP contribution in [0.15, 0.2) is 59.0 Å². The molecular weight excluding hydrogens is 314 g/mol. The topological polar surface area (TPSA) is 70.9 Å². The minimum Gasteiger partial charge on any atom is -0.459 e. The Balaban J connectivity index is 1.37. The number of hydrogen-bond donors (Lipinski definition) is 2. The Morgan fingerprint density at radius 3 is 2.84 bits per heavy atom. The molecular formula is C20H19N3O2. The Hall–Kier alpha value is -3.08. The Morgan fingerprint density at radius 2 is 2.00 bits per heavy atom. The Bertz CT molecular complexity index is 965. The number of aryl methyl sites for hydroxylation is 1. The number of aromatic amines is 1. The van der Waals surface area contributed by atoms with E-state index in [1.54, 1.807) is 0 Å². The van der Waals surface area contributed by atoms with E-state index in [2.05, 4.69) is 15.3 Å². The highest BCUT2D eigenvalue weighted by molar-refractivity contribution is 5.79. The zero-order chi connectivity index (χ0) is 17.2. The molecule has 0 unspecified atom stereocenters. The standard InChI is InChI=1S/C20H19N3O2/c1-13(18-12-14-6-2-5-9-17(14)25-18)21-20(24)11-10-19-22-15-7-3-4-8-16(15)23-19/h2-9,12-13H,10-11H2,1H3,(H,21,24)(H,22,23)/t13-/m1/s1. The second-order valence-corrected chi connectivity index (χ2v) is 6.18. The molecule has 0 aliphatic rings. The number of fused-ring (bicyclic) bond motifs is 2. The van der Waals surface area contributed by atoms with Crippen LogP contribution in [0.1, 0.15) is 31.0 Å². The molecule has 25 heavy (non-hydrogen) atoms. The summed E-state index contributed by atoms with van der Waals surface area (Å²) >= 11 is 0. The van der Waals surface area contributed by atoms with Gasteiger partial charge < -0.3 is 14.7 Å². The van der Waals surface area contributed by atoms with E-state index in [0.29, 0.717) is 12.8 Å². The van der Waals surface area contributed by atoms with Gasteiger partial charge in [0.05, 0.1) is 17.1 Å². The second kappa shape index (κ2) is 6.43. The molecule has 0 radical (unpaired) electrons. The van der Waals surface area contributed by atoms with E-state index in [-0.39, 0.29) is 11.9 Å². The fourth-order valence-electron chi connectivity index (χ4n) is 2.96. The summed E-state index contributed by atoms with van der Waals surface area (Å²) in [6.45, 7) is 1.93. The molecule has 0 aliphatic heterocycles. The fraction of sp³-hybridized carbons (Fsp3) is 0.200. The Morgan fingerprint density at radius 1 is 1.20 bits per heavy atom. The number of carbonyl (C=O) groups is 1. The number of rotatable bonds is 5. The molecule has 1 atom stereocenters. The molecule has 2 aromatic heterocycles. The maximum absolute atomic E-state index is 12.2. The molecule has 0 spiro atoms. The minimum absolute atomic E-state index is 0.0200. The highest BCUT2D eigenvalue weighted by Gasteiger charge is 2.14. The normalized spacial score (nSPS) is 12.5. The van der Waals surface area contributed by atoms with Crippen LogP contribution in [-0.4, -0.2) is 15.9 Å². The van der Waals surface area contributed by atoms with Crippen LogP contribution in [0.4, 0.5) is 0 Å². The van der Waals surface area contributed by atoms with Crippen molar-refractivity contribution in [2.24, 2.45) is 0 Å². The summed E-state index contributed by atoms with van der Waals surface area (Å²) in [6.07, 6.45) is 0.956. The van der Waals surface area contributed by atoms with E-state index in [9.17, 15) is 4.79 Å². The van der Waals surface area contributed by atoms with E-state index in [1.165, 1.54) is 0 Å². The number of nitrogens with one attached hydrogen (secondary N) is 2. The van der Waals surface area contributed by atoms with Crippen molar-refractivity contribution in [1.82, 2.24) is 15.3 Å². The Kier molecular flexibility index (Phi) is 3.98. The van der Waals surface area contributed by atoms with Crippen molar-refractivity contribution in [3.8, 4) is 0 Å². The molecule has 126 valence electrons. The summed E-state index contributed by atoms with van der Waals surface area (Å²) < 4.78 is 5.80. The van der Waals surface area contributed by atoms with Crippen molar-refractivity contribution in [2.75, 3.05) is 0 Å². The van der Waals surface area contributed by atoms with Crippen LogP contribution in [0.2, 0.25) is 0 Å². The van der Waals surface area contributed by atoms with Crippen LogP contribution >= 0.6 is 0 Å². The van der Waals surface area contributed by atoms with Gasteiger partial charge in [-0.05, 0) is 31.2 Å². The van der Waals surface area contributed by atoms with Gasteiger partial charge in [0, 0.05) is 18.2 Å². The third kappa shape index (κ3) is 3.26. The number of furan rings is 1. The maximum Gasteiger partial charge on any atom is 0.221 e. The van der Waals surface area contributed by atoms with Gasteiger partial charge in [-0.15, -0.1) is 0 Å². The molecule has 2 N–H and O–H groups in total. The van der Waals surface area contributed by atoms with Gasteiger partial charge in [0.15, 0.2) is 0 Å². The number of amides is 1. The predicted octanol–water partition coefficient (Wildman–Crippen LogP) is 4.12. The van der Waals surface area contributed by atoms with E-state index in [4.69, 9.17) is 4.42 Å². The monoisotopic (exact) mass is 333 g/mol. The zero-order valence-electron chi connectivity index (χ0n) is 14.0. The quantitative estimate of drug-likeness (QED) is 0.577. The molecule has 0 bridgehead atoms. The fourth-order valence-corrected chi connectivity index (χ4v) is 2.96. The van der Waals surface area contributed by atoms with Gasteiger partial charge in [0.2, 0.25) is 5.91 Å². The molecule has 4 rings (SSSR count). The predicted molar refractivity (Wildman–Crippen MR) is 97.2 cm³/mol. The average molecular weight is 333 g/mol. The van der Waals surface area contributed by atoms with Crippen molar-refractivity contribution in [1.29, 1.82) is 0 Å². The van der Waals surface area contributed by atoms with Crippen LogP contribution in [0.5, 0.6) is 0 Å². The SMILES string of the molecule is C[C@@H](NC(=O)CCc1nc2ccccc2[nH]1)c1cc2ccccc2o1. The number of nitrogens with zero attached hydrogens (tertiary/aromatic N) is 1. The average Bonchev–Trinajstić information content (AvgIpc) is 3.23. The molecule has 0 fully saturated rings. The van der Waals surface area contributed by atoms with Crippen molar-refractivity contribution < 1.29 is 9.21 Å². The first-order chi connectivity index (χ1) is 12.2. The third-order valence-electron chi connectivity index (χ3n) is 4.28. The minimum atomic E-state index is -0.171.